The van der Waals surface area contributed by atoms with Gasteiger partial charge in [-0.25, -0.2) is 0 Å². The molecule has 0 fully saturated rings. The third-order valence-electron chi connectivity index (χ3n) is 1.46. The molecule has 0 heterocycles. The van der Waals surface area contributed by atoms with Crippen LogP contribution in [0.1, 0.15) is 27.2 Å². The molecule has 0 spiro atoms. The van der Waals surface area contributed by atoms with E-state index in [1.54, 1.807) is 0 Å². The SMILES string of the molecule is CC/C=C(/Br)C(Br)C(=O)C(C)C. The van der Waals surface area contributed by atoms with Crippen molar-refractivity contribution in [1.82, 2.24) is 0 Å². The minimum atomic E-state index is -0.169. The maximum atomic E-state index is 11.4. The van der Waals surface area contributed by atoms with Gasteiger partial charge in [0.2, 0.25) is 0 Å². The Kier molecular flexibility index (Phi) is 6.10. The quantitative estimate of drug-likeness (QED) is 0.724. The van der Waals surface area contributed by atoms with Crippen LogP contribution in [0.3, 0.4) is 0 Å². The molecule has 0 amide bonds. The first-order chi connectivity index (χ1) is 5.50. The molecule has 0 rings (SSSR count). The lowest BCUT2D eigenvalue weighted by Gasteiger charge is -2.10. The Balaban J connectivity index is 4.29. The van der Waals surface area contributed by atoms with Gasteiger partial charge in [0.1, 0.15) is 4.83 Å². The Bertz CT molecular complexity index is 185. The van der Waals surface area contributed by atoms with Gasteiger partial charge in [-0.1, -0.05) is 58.7 Å². The van der Waals surface area contributed by atoms with Gasteiger partial charge in [0.15, 0.2) is 5.78 Å². The van der Waals surface area contributed by atoms with Crippen LogP contribution in [0, 0.1) is 5.92 Å². The zero-order valence-electron chi connectivity index (χ0n) is 7.60. The lowest BCUT2D eigenvalue weighted by atomic mass is 10.1. The number of hydrogen-bond donors (Lipinski definition) is 0. The van der Waals surface area contributed by atoms with Crippen molar-refractivity contribution in [3.05, 3.63) is 10.6 Å². The van der Waals surface area contributed by atoms with E-state index >= 15 is 0 Å². The second-order valence-electron chi connectivity index (χ2n) is 2.92. The minimum absolute atomic E-state index is 0.0761. The standard InChI is InChI=1S/C9H14Br2O/c1-4-5-7(10)8(11)9(12)6(2)3/h5-6,8H,4H2,1-3H3/b7-5+. The normalized spacial score (nSPS) is 15.0. The molecule has 1 unspecified atom stereocenters. The predicted octanol–water partition coefficient (Wildman–Crippen LogP) is 3.66. The van der Waals surface area contributed by atoms with Gasteiger partial charge < -0.3 is 0 Å². The van der Waals surface area contributed by atoms with Gasteiger partial charge in [-0.15, -0.1) is 0 Å². The van der Waals surface area contributed by atoms with E-state index in [4.69, 9.17) is 0 Å². The first kappa shape index (κ1) is 12.4. The summed E-state index contributed by atoms with van der Waals surface area (Å²) in [7, 11) is 0. The van der Waals surface area contributed by atoms with Crippen molar-refractivity contribution in [2.24, 2.45) is 5.92 Å². The Morgan fingerprint density at radius 2 is 2.00 bits per heavy atom. The lowest BCUT2D eigenvalue weighted by molar-refractivity contribution is -0.120. The smallest absolute Gasteiger partial charge is 0.153 e. The summed E-state index contributed by atoms with van der Waals surface area (Å²) in [6.07, 6.45) is 2.94. The molecule has 0 aliphatic heterocycles. The molecule has 0 aromatic heterocycles. The summed E-state index contributed by atoms with van der Waals surface area (Å²) in [6, 6.07) is 0. The molecule has 12 heavy (non-hydrogen) atoms. The van der Waals surface area contributed by atoms with Crippen LogP contribution in [0.5, 0.6) is 0 Å². The Morgan fingerprint density at radius 3 is 2.33 bits per heavy atom. The summed E-state index contributed by atoms with van der Waals surface area (Å²) in [4.78, 5) is 11.3. The third kappa shape index (κ3) is 3.85. The van der Waals surface area contributed by atoms with Gasteiger partial charge in [0, 0.05) is 10.4 Å². The number of ketones is 1. The number of carbonyl (C=O) groups excluding carboxylic acids is 1. The number of hydrogen-bond acceptors (Lipinski definition) is 1. The molecule has 0 saturated heterocycles. The van der Waals surface area contributed by atoms with Crippen molar-refractivity contribution >= 4 is 37.6 Å². The van der Waals surface area contributed by atoms with Gasteiger partial charge in [0.25, 0.3) is 0 Å². The molecule has 0 aromatic rings. The van der Waals surface area contributed by atoms with Crippen LogP contribution >= 0.6 is 31.9 Å². The maximum Gasteiger partial charge on any atom is 0.153 e. The Hall–Kier alpha value is 0.370. The number of carbonyl (C=O) groups is 1. The Morgan fingerprint density at radius 1 is 1.50 bits per heavy atom. The Labute approximate surface area is 90.9 Å². The fourth-order valence-electron chi connectivity index (χ4n) is 0.727. The van der Waals surface area contributed by atoms with Crippen LogP contribution in [0.2, 0.25) is 0 Å². The van der Waals surface area contributed by atoms with Gasteiger partial charge in [-0.2, -0.15) is 0 Å². The number of Topliss-reactive ketones (excluding diaryl/α,β-unsaturated/α-hetero) is 1. The summed E-state index contributed by atoms with van der Waals surface area (Å²) in [5, 5.41) is 0. The molecule has 0 N–H and O–H groups in total. The molecule has 3 heteroatoms. The summed E-state index contributed by atoms with van der Waals surface area (Å²) < 4.78 is 0.934. The number of alkyl halides is 1. The third-order valence-corrected chi connectivity index (χ3v) is 3.80. The predicted molar refractivity (Wildman–Crippen MR) is 59.9 cm³/mol. The monoisotopic (exact) mass is 296 g/mol. The van der Waals surface area contributed by atoms with E-state index in [9.17, 15) is 4.79 Å². The fourth-order valence-corrected chi connectivity index (χ4v) is 1.99. The summed E-state index contributed by atoms with van der Waals surface area (Å²) in [5.74, 6) is 0.291. The number of allylic oxidation sites excluding steroid dienone is 2. The highest BCUT2D eigenvalue weighted by molar-refractivity contribution is 9.14. The van der Waals surface area contributed by atoms with Gasteiger partial charge in [-0.05, 0) is 6.42 Å². The lowest BCUT2D eigenvalue weighted by Crippen LogP contribution is -2.19. The summed E-state index contributed by atoms with van der Waals surface area (Å²) in [6.45, 7) is 5.85. The van der Waals surface area contributed by atoms with E-state index in [0.29, 0.717) is 0 Å². The van der Waals surface area contributed by atoms with Crippen molar-refractivity contribution in [2.75, 3.05) is 0 Å². The van der Waals surface area contributed by atoms with Crippen molar-refractivity contribution in [3.8, 4) is 0 Å². The summed E-state index contributed by atoms with van der Waals surface area (Å²) >= 11 is 6.71. The van der Waals surface area contributed by atoms with E-state index < -0.39 is 0 Å². The molecule has 1 atom stereocenters. The molecule has 0 aromatic carbocycles. The largest absolute Gasteiger partial charge is 0.298 e. The second-order valence-corrected chi connectivity index (χ2v) is 4.75. The first-order valence-corrected chi connectivity index (χ1v) is 5.74. The molecule has 0 radical (unpaired) electrons. The van der Waals surface area contributed by atoms with Gasteiger partial charge in [0.05, 0.1) is 0 Å². The molecule has 0 aliphatic carbocycles. The van der Waals surface area contributed by atoms with Crippen LogP contribution in [0.15, 0.2) is 10.6 Å². The molecule has 70 valence electrons. The van der Waals surface area contributed by atoms with Crippen LogP contribution in [0.25, 0.3) is 0 Å². The maximum absolute atomic E-state index is 11.4. The van der Waals surface area contributed by atoms with E-state index in [1.165, 1.54) is 0 Å². The first-order valence-electron chi connectivity index (χ1n) is 4.04. The van der Waals surface area contributed by atoms with Crippen molar-refractivity contribution in [3.63, 3.8) is 0 Å². The number of rotatable bonds is 4. The average Bonchev–Trinajstić information content (AvgIpc) is 2.02. The van der Waals surface area contributed by atoms with E-state index in [0.717, 1.165) is 10.9 Å². The van der Waals surface area contributed by atoms with Crippen molar-refractivity contribution < 1.29 is 4.79 Å². The molecule has 0 saturated carbocycles. The van der Waals surface area contributed by atoms with Crippen molar-refractivity contribution in [2.45, 2.75) is 32.0 Å². The highest BCUT2D eigenvalue weighted by atomic mass is 79.9. The minimum Gasteiger partial charge on any atom is -0.298 e. The highest BCUT2D eigenvalue weighted by Crippen LogP contribution is 2.22. The zero-order chi connectivity index (χ0) is 9.72. The van der Waals surface area contributed by atoms with Crippen molar-refractivity contribution in [1.29, 1.82) is 0 Å². The van der Waals surface area contributed by atoms with E-state index in [1.807, 2.05) is 26.8 Å². The molecule has 0 aliphatic rings. The molecule has 0 bridgehead atoms. The van der Waals surface area contributed by atoms with E-state index in [-0.39, 0.29) is 16.5 Å². The molecular formula is C9H14Br2O. The van der Waals surface area contributed by atoms with Crippen LogP contribution in [0.4, 0.5) is 0 Å². The fraction of sp³-hybridized carbons (Fsp3) is 0.667. The number of halogens is 2. The molecular weight excluding hydrogens is 284 g/mol. The van der Waals surface area contributed by atoms with E-state index in [2.05, 4.69) is 31.9 Å². The van der Waals surface area contributed by atoms with Crippen LogP contribution in [-0.2, 0) is 4.79 Å². The second kappa shape index (κ2) is 5.92. The summed E-state index contributed by atoms with van der Waals surface area (Å²) in [5.41, 5.74) is 0. The molecule has 1 nitrogen and oxygen atoms in total. The zero-order valence-corrected chi connectivity index (χ0v) is 10.8. The highest BCUT2D eigenvalue weighted by Gasteiger charge is 2.19. The van der Waals surface area contributed by atoms with Crippen LogP contribution < -0.4 is 0 Å². The average molecular weight is 298 g/mol. The van der Waals surface area contributed by atoms with Gasteiger partial charge >= 0.3 is 0 Å². The van der Waals surface area contributed by atoms with Gasteiger partial charge in [-0.3, -0.25) is 4.79 Å². The van der Waals surface area contributed by atoms with Crippen LogP contribution in [-0.4, -0.2) is 10.6 Å². The topological polar surface area (TPSA) is 17.1 Å².